The largest absolute Gasteiger partial charge is 0.347 e. The van der Waals surface area contributed by atoms with Crippen molar-refractivity contribution in [3.05, 3.63) is 59.9 Å². The lowest BCUT2D eigenvalue weighted by atomic mass is 10.2. The molecule has 1 unspecified atom stereocenters. The number of rotatable bonds is 5. The molecule has 0 bridgehead atoms. The molecular formula is C22H23N5O3. The first-order chi connectivity index (χ1) is 14.4. The maximum Gasteiger partial charge on any atom is 0.332 e. The summed E-state index contributed by atoms with van der Waals surface area (Å²) in [5.41, 5.74) is 3.50. The van der Waals surface area contributed by atoms with E-state index in [1.54, 1.807) is 19.1 Å². The molecule has 30 heavy (non-hydrogen) atoms. The molecule has 1 N–H and O–H groups in total. The second-order valence-electron chi connectivity index (χ2n) is 7.44. The van der Waals surface area contributed by atoms with Crippen molar-refractivity contribution in [3.8, 4) is 0 Å². The molecule has 2 aromatic carbocycles. The predicted molar refractivity (Wildman–Crippen MR) is 113 cm³/mol. The molecule has 3 aromatic rings. The van der Waals surface area contributed by atoms with Crippen LogP contribution >= 0.6 is 0 Å². The van der Waals surface area contributed by atoms with Crippen LogP contribution in [0.2, 0.25) is 0 Å². The molecule has 1 aliphatic rings. The van der Waals surface area contributed by atoms with Gasteiger partial charge in [0.1, 0.15) is 18.4 Å². The topological polar surface area (TPSA) is 87.5 Å². The standard InChI is InChI=1S/C22H23N5O3/c1-14-8-10-16(11-9-14)27-15(2)21(29)26(22(27)30)13-20(28)23-12-19-24-17-6-4-5-7-18(17)25(19)3/h4-11,15H,12-13H2,1-3H3,(H,23,28). The van der Waals surface area contributed by atoms with Gasteiger partial charge >= 0.3 is 6.03 Å². The van der Waals surface area contributed by atoms with E-state index < -0.39 is 23.9 Å². The third-order valence-electron chi connectivity index (χ3n) is 5.39. The highest BCUT2D eigenvalue weighted by molar-refractivity contribution is 6.15. The lowest BCUT2D eigenvalue weighted by Crippen LogP contribution is -2.41. The van der Waals surface area contributed by atoms with Crippen molar-refractivity contribution in [1.82, 2.24) is 19.8 Å². The number of hydrogen-bond acceptors (Lipinski definition) is 4. The first kappa shape index (κ1) is 19.6. The smallest absolute Gasteiger partial charge is 0.332 e. The molecule has 1 aromatic heterocycles. The van der Waals surface area contributed by atoms with Crippen molar-refractivity contribution in [3.63, 3.8) is 0 Å². The number of carbonyl (C=O) groups excluding carboxylic acids is 3. The second-order valence-corrected chi connectivity index (χ2v) is 7.44. The number of para-hydroxylation sites is 2. The Morgan fingerprint density at radius 3 is 2.50 bits per heavy atom. The lowest BCUT2D eigenvalue weighted by Gasteiger charge is -2.19. The Bertz CT molecular complexity index is 1140. The highest BCUT2D eigenvalue weighted by Crippen LogP contribution is 2.26. The Morgan fingerprint density at radius 1 is 1.10 bits per heavy atom. The third-order valence-corrected chi connectivity index (χ3v) is 5.39. The van der Waals surface area contributed by atoms with Crippen LogP contribution < -0.4 is 10.2 Å². The summed E-state index contributed by atoms with van der Waals surface area (Å²) in [7, 11) is 1.88. The number of imide groups is 1. The van der Waals surface area contributed by atoms with Gasteiger partial charge in [0.25, 0.3) is 5.91 Å². The molecule has 0 radical (unpaired) electrons. The van der Waals surface area contributed by atoms with Crippen molar-refractivity contribution in [1.29, 1.82) is 0 Å². The molecule has 0 aliphatic carbocycles. The molecule has 4 rings (SSSR count). The highest BCUT2D eigenvalue weighted by atomic mass is 16.2. The number of nitrogens with one attached hydrogen (secondary N) is 1. The van der Waals surface area contributed by atoms with Gasteiger partial charge in [0.15, 0.2) is 0 Å². The number of aromatic nitrogens is 2. The summed E-state index contributed by atoms with van der Waals surface area (Å²) in [5.74, 6) is -0.113. The highest BCUT2D eigenvalue weighted by Gasteiger charge is 2.44. The van der Waals surface area contributed by atoms with Gasteiger partial charge in [0, 0.05) is 12.7 Å². The van der Waals surface area contributed by atoms with E-state index in [1.807, 2.05) is 54.9 Å². The summed E-state index contributed by atoms with van der Waals surface area (Å²) in [6.07, 6.45) is 0. The van der Waals surface area contributed by atoms with Gasteiger partial charge in [-0.05, 0) is 38.1 Å². The zero-order chi connectivity index (χ0) is 21.4. The Morgan fingerprint density at radius 2 is 1.80 bits per heavy atom. The third kappa shape index (κ3) is 3.41. The SMILES string of the molecule is Cc1ccc(N2C(=O)N(CC(=O)NCc3nc4ccccc4n3C)C(=O)C2C)cc1. The van der Waals surface area contributed by atoms with Crippen molar-refractivity contribution in [2.75, 3.05) is 11.4 Å². The number of imidazole rings is 1. The quantitative estimate of drug-likeness (QED) is 0.660. The summed E-state index contributed by atoms with van der Waals surface area (Å²) in [6, 6.07) is 13.9. The summed E-state index contributed by atoms with van der Waals surface area (Å²) < 4.78 is 1.91. The van der Waals surface area contributed by atoms with E-state index in [4.69, 9.17) is 0 Å². The van der Waals surface area contributed by atoms with Crippen LogP contribution in [-0.4, -0.2) is 44.9 Å². The summed E-state index contributed by atoms with van der Waals surface area (Å²) in [6.45, 7) is 3.49. The van der Waals surface area contributed by atoms with E-state index in [9.17, 15) is 14.4 Å². The van der Waals surface area contributed by atoms with Crippen LogP contribution in [0.4, 0.5) is 10.5 Å². The molecule has 2 heterocycles. The van der Waals surface area contributed by atoms with E-state index in [-0.39, 0.29) is 13.1 Å². The molecule has 0 spiro atoms. The molecule has 1 aliphatic heterocycles. The Hall–Kier alpha value is -3.68. The Labute approximate surface area is 174 Å². The summed E-state index contributed by atoms with van der Waals surface area (Å²) in [4.78, 5) is 44.8. The van der Waals surface area contributed by atoms with Gasteiger partial charge in [0.05, 0.1) is 17.6 Å². The molecule has 0 saturated carbocycles. The first-order valence-corrected chi connectivity index (χ1v) is 9.75. The van der Waals surface area contributed by atoms with E-state index in [1.165, 1.54) is 4.90 Å². The summed E-state index contributed by atoms with van der Waals surface area (Å²) >= 11 is 0. The van der Waals surface area contributed by atoms with E-state index >= 15 is 0 Å². The number of fused-ring (bicyclic) bond motifs is 1. The fourth-order valence-electron chi connectivity index (χ4n) is 3.64. The van der Waals surface area contributed by atoms with Crippen molar-refractivity contribution in [2.45, 2.75) is 26.4 Å². The monoisotopic (exact) mass is 405 g/mol. The fourth-order valence-corrected chi connectivity index (χ4v) is 3.64. The number of carbonyl (C=O) groups is 3. The molecule has 4 amide bonds. The molecule has 1 atom stereocenters. The number of urea groups is 1. The van der Waals surface area contributed by atoms with E-state index in [0.29, 0.717) is 11.5 Å². The minimum atomic E-state index is -0.659. The predicted octanol–water partition coefficient (Wildman–Crippen LogP) is 2.36. The Balaban J connectivity index is 1.43. The summed E-state index contributed by atoms with van der Waals surface area (Å²) in [5, 5.41) is 2.76. The van der Waals surface area contributed by atoms with Crippen LogP contribution in [-0.2, 0) is 23.2 Å². The van der Waals surface area contributed by atoms with Gasteiger partial charge in [-0.15, -0.1) is 0 Å². The van der Waals surface area contributed by atoms with E-state index in [0.717, 1.165) is 21.5 Å². The van der Waals surface area contributed by atoms with Gasteiger partial charge in [-0.2, -0.15) is 0 Å². The molecule has 1 saturated heterocycles. The zero-order valence-electron chi connectivity index (χ0n) is 17.1. The van der Waals surface area contributed by atoms with Crippen LogP contribution in [0.5, 0.6) is 0 Å². The number of amides is 4. The number of benzene rings is 2. The van der Waals surface area contributed by atoms with Crippen LogP contribution in [0.1, 0.15) is 18.3 Å². The van der Waals surface area contributed by atoms with Gasteiger partial charge in [-0.1, -0.05) is 29.8 Å². The minimum absolute atomic E-state index is 0.206. The first-order valence-electron chi connectivity index (χ1n) is 9.75. The average molecular weight is 405 g/mol. The number of anilines is 1. The van der Waals surface area contributed by atoms with Crippen LogP contribution in [0.15, 0.2) is 48.5 Å². The lowest BCUT2D eigenvalue weighted by molar-refractivity contribution is -0.131. The van der Waals surface area contributed by atoms with Crippen LogP contribution in [0.25, 0.3) is 11.0 Å². The van der Waals surface area contributed by atoms with Crippen molar-refractivity contribution >= 4 is 34.6 Å². The number of aryl methyl sites for hydroxylation is 2. The average Bonchev–Trinajstić information content (AvgIpc) is 3.16. The maximum atomic E-state index is 12.8. The molecule has 154 valence electrons. The fraction of sp³-hybridized carbons (Fsp3) is 0.273. The minimum Gasteiger partial charge on any atom is -0.347 e. The van der Waals surface area contributed by atoms with Crippen LogP contribution in [0.3, 0.4) is 0 Å². The van der Waals surface area contributed by atoms with Gasteiger partial charge in [-0.3, -0.25) is 19.4 Å². The maximum absolute atomic E-state index is 12.8. The van der Waals surface area contributed by atoms with Crippen LogP contribution in [0, 0.1) is 6.92 Å². The Kier molecular flexibility index (Phi) is 4.99. The normalized spacial score (nSPS) is 16.6. The van der Waals surface area contributed by atoms with Gasteiger partial charge < -0.3 is 9.88 Å². The van der Waals surface area contributed by atoms with Gasteiger partial charge in [0.2, 0.25) is 5.91 Å². The molecule has 8 nitrogen and oxygen atoms in total. The molecule has 8 heteroatoms. The number of nitrogens with zero attached hydrogens (tertiary/aromatic N) is 4. The van der Waals surface area contributed by atoms with Crippen molar-refractivity contribution in [2.24, 2.45) is 7.05 Å². The zero-order valence-corrected chi connectivity index (χ0v) is 17.1. The van der Waals surface area contributed by atoms with E-state index in [2.05, 4.69) is 10.3 Å². The number of hydrogen-bond donors (Lipinski definition) is 1. The molecular weight excluding hydrogens is 382 g/mol. The second kappa shape index (κ2) is 7.62. The molecule has 1 fully saturated rings. The van der Waals surface area contributed by atoms with Crippen molar-refractivity contribution < 1.29 is 14.4 Å². The van der Waals surface area contributed by atoms with Gasteiger partial charge in [-0.25, -0.2) is 9.78 Å².